The second-order valence-corrected chi connectivity index (χ2v) is 8.99. The van der Waals surface area contributed by atoms with Crippen LogP contribution in [0.4, 0.5) is 0 Å². The average Bonchev–Trinajstić information content (AvgIpc) is 2.67. The lowest BCUT2D eigenvalue weighted by Gasteiger charge is -2.51. The third kappa shape index (κ3) is 4.39. The van der Waals surface area contributed by atoms with Crippen LogP contribution < -0.4 is 0 Å². The smallest absolute Gasteiger partial charge is 0.230 e. The summed E-state index contributed by atoms with van der Waals surface area (Å²) in [4.78, 5) is 34.7. The van der Waals surface area contributed by atoms with Gasteiger partial charge in [-0.3, -0.25) is 14.6 Å². The van der Waals surface area contributed by atoms with Gasteiger partial charge in [0.15, 0.2) is 0 Å². The van der Waals surface area contributed by atoms with Crippen LogP contribution in [0.5, 0.6) is 0 Å². The molecule has 2 amide bonds. The van der Waals surface area contributed by atoms with Gasteiger partial charge in [0.1, 0.15) is 0 Å². The Morgan fingerprint density at radius 1 is 1.29 bits per heavy atom. The van der Waals surface area contributed by atoms with Gasteiger partial charge in [0, 0.05) is 38.1 Å². The number of hydrogen-bond donors (Lipinski definition) is 0. The minimum absolute atomic E-state index is 0.0363. The summed E-state index contributed by atoms with van der Waals surface area (Å²) < 4.78 is 0. The van der Waals surface area contributed by atoms with Crippen molar-refractivity contribution in [3.63, 3.8) is 0 Å². The van der Waals surface area contributed by atoms with E-state index in [9.17, 15) is 9.59 Å². The Hall–Kier alpha value is -1.91. The van der Waals surface area contributed by atoms with Gasteiger partial charge in [-0.05, 0) is 63.0 Å². The van der Waals surface area contributed by atoms with E-state index in [1.54, 1.807) is 12.4 Å². The summed E-state index contributed by atoms with van der Waals surface area (Å²) in [5.74, 6) is 1.07. The summed E-state index contributed by atoms with van der Waals surface area (Å²) in [6.07, 6.45) is 9.83. The van der Waals surface area contributed by atoms with E-state index in [4.69, 9.17) is 0 Å². The van der Waals surface area contributed by atoms with E-state index in [-0.39, 0.29) is 23.3 Å². The zero-order chi connectivity index (χ0) is 20.1. The fraction of sp³-hybridized carbons (Fsp3) is 0.696. The van der Waals surface area contributed by atoms with Crippen LogP contribution in [0.15, 0.2) is 24.5 Å². The van der Waals surface area contributed by atoms with Crippen LogP contribution in [0.25, 0.3) is 0 Å². The molecule has 2 saturated heterocycles. The summed E-state index contributed by atoms with van der Waals surface area (Å²) in [5, 5.41) is 0. The van der Waals surface area contributed by atoms with Crippen LogP contribution in [0.2, 0.25) is 0 Å². The van der Waals surface area contributed by atoms with E-state index in [0.29, 0.717) is 12.3 Å². The Morgan fingerprint density at radius 3 is 2.71 bits per heavy atom. The molecule has 1 aromatic heterocycles. The molecular weight excluding hydrogens is 350 g/mol. The van der Waals surface area contributed by atoms with E-state index >= 15 is 0 Å². The number of carbonyl (C=O) groups is 2. The molecule has 5 nitrogen and oxygen atoms in total. The summed E-state index contributed by atoms with van der Waals surface area (Å²) in [6.45, 7) is 9.03. The number of rotatable bonds is 6. The third-order valence-corrected chi connectivity index (χ3v) is 6.66. The first kappa shape index (κ1) is 20.8. The van der Waals surface area contributed by atoms with Crippen LogP contribution in [0.1, 0.15) is 64.9 Å². The number of hydrogen-bond acceptors (Lipinski definition) is 3. The number of piperidine rings is 2. The molecule has 28 heavy (non-hydrogen) atoms. The molecular formula is C23H35N3O2. The van der Waals surface area contributed by atoms with Crippen LogP contribution in [0, 0.1) is 11.3 Å². The number of amides is 2. The van der Waals surface area contributed by atoms with Crippen molar-refractivity contribution in [3.05, 3.63) is 30.1 Å². The molecule has 2 aliphatic heterocycles. The Labute approximate surface area is 169 Å². The van der Waals surface area contributed by atoms with Crippen LogP contribution >= 0.6 is 0 Å². The molecule has 154 valence electrons. The molecule has 3 heterocycles. The van der Waals surface area contributed by atoms with Crippen molar-refractivity contribution in [3.8, 4) is 0 Å². The molecule has 0 unspecified atom stereocenters. The van der Waals surface area contributed by atoms with Crippen molar-refractivity contribution in [2.75, 3.05) is 19.6 Å². The minimum atomic E-state index is -0.390. The molecule has 0 radical (unpaired) electrons. The number of carbonyl (C=O) groups excluding carboxylic acids is 2. The van der Waals surface area contributed by atoms with Crippen molar-refractivity contribution in [2.45, 2.75) is 71.8 Å². The van der Waals surface area contributed by atoms with E-state index in [2.05, 4.69) is 30.7 Å². The van der Waals surface area contributed by atoms with Gasteiger partial charge in [0.25, 0.3) is 0 Å². The molecule has 2 atom stereocenters. The maximum absolute atomic E-state index is 13.5. The number of likely N-dealkylation sites (tertiary alicyclic amines) is 2. The first-order valence-electron chi connectivity index (χ1n) is 10.9. The molecule has 3 rings (SSSR count). The lowest BCUT2D eigenvalue weighted by Crippen LogP contribution is -2.62. The van der Waals surface area contributed by atoms with Gasteiger partial charge in [0.05, 0.1) is 11.8 Å². The number of pyridine rings is 1. The van der Waals surface area contributed by atoms with Crippen molar-refractivity contribution in [1.82, 2.24) is 14.8 Å². The van der Waals surface area contributed by atoms with Crippen molar-refractivity contribution < 1.29 is 9.59 Å². The van der Waals surface area contributed by atoms with Gasteiger partial charge < -0.3 is 9.80 Å². The molecule has 0 saturated carbocycles. The van der Waals surface area contributed by atoms with E-state index in [1.165, 1.54) is 0 Å². The largest absolute Gasteiger partial charge is 0.342 e. The van der Waals surface area contributed by atoms with Crippen molar-refractivity contribution >= 4 is 11.8 Å². The Kier molecular flexibility index (Phi) is 6.73. The van der Waals surface area contributed by atoms with Crippen LogP contribution in [0.3, 0.4) is 0 Å². The number of aromatic nitrogens is 1. The molecule has 0 bridgehead atoms. The molecule has 1 aromatic rings. The topological polar surface area (TPSA) is 53.5 Å². The Morgan fingerprint density at radius 2 is 2.04 bits per heavy atom. The summed E-state index contributed by atoms with van der Waals surface area (Å²) in [6, 6.07) is 3.77. The Bertz CT molecular complexity index is 672. The van der Waals surface area contributed by atoms with Gasteiger partial charge in [-0.2, -0.15) is 0 Å². The maximum Gasteiger partial charge on any atom is 0.230 e. The van der Waals surface area contributed by atoms with Crippen molar-refractivity contribution in [2.24, 2.45) is 11.3 Å². The highest BCUT2D eigenvalue weighted by molar-refractivity contribution is 5.86. The maximum atomic E-state index is 13.5. The van der Waals surface area contributed by atoms with Gasteiger partial charge in [0.2, 0.25) is 11.8 Å². The molecule has 0 N–H and O–H groups in total. The second kappa shape index (κ2) is 9.06. The van der Waals surface area contributed by atoms with Crippen molar-refractivity contribution in [1.29, 1.82) is 0 Å². The fourth-order valence-electron chi connectivity index (χ4n) is 5.02. The van der Waals surface area contributed by atoms with E-state index in [1.807, 2.05) is 17.0 Å². The molecule has 2 fully saturated rings. The fourth-order valence-corrected chi connectivity index (χ4v) is 5.02. The third-order valence-electron chi connectivity index (χ3n) is 6.66. The molecule has 5 heteroatoms. The van der Waals surface area contributed by atoms with E-state index in [0.717, 1.165) is 63.7 Å². The quantitative estimate of drug-likeness (QED) is 0.751. The number of nitrogens with zero attached hydrogens (tertiary/aromatic N) is 3. The lowest BCUT2D eigenvalue weighted by molar-refractivity contribution is -0.159. The summed E-state index contributed by atoms with van der Waals surface area (Å²) in [5.41, 5.74) is 0.545. The summed E-state index contributed by atoms with van der Waals surface area (Å²) in [7, 11) is 0. The molecule has 0 aliphatic carbocycles. The second-order valence-electron chi connectivity index (χ2n) is 8.99. The first-order chi connectivity index (χ1) is 13.4. The van der Waals surface area contributed by atoms with E-state index < -0.39 is 0 Å². The Balaban J connectivity index is 1.69. The predicted molar refractivity (Wildman–Crippen MR) is 111 cm³/mol. The van der Waals surface area contributed by atoms with Gasteiger partial charge in [-0.25, -0.2) is 0 Å². The average molecular weight is 386 g/mol. The zero-order valence-electron chi connectivity index (χ0n) is 17.7. The van der Waals surface area contributed by atoms with Gasteiger partial charge in [-0.1, -0.05) is 19.9 Å². The standard InChI is InChI=1S/C23H35N3O2/c1-18(2)8-5-13-25-14-6-10-23(22(25)28)11-7-15-26(19(23)3)21(27)16-20-9-4-12-24-17-20/h4,9,12,17-19H,5-8,10-11,13-16H2,1-3H3/t19-,23-/m0/s1. The van der Waals surface area contributed by atoms with Crippen LogP contribution in [-0.2, 0) is 16.0 Å². The highest BCUT2D eigenvalue weighted by atomic mass is 16.2. The predicted octanol–water partition coefficient (Wildman–Crippen LogP) is 3.68. The van der Waals surface area contributed by atoms with Gasteiger partial charge in [-0.15, -0.1) is 0 Å². The highest BCUT2D eigenvalue weighted by Crippen LogP contribution is 2.44. The lowest BCUT2D eigenvalue weighted by atomic mass is 9.67. The molecule has 2 aliphatic rings. The summed E-state index contributed by atoms with van der Waals surface area (Å²) >= 11 is 0. The van der Waals surface area contributed by atoms with Crippen LogP contribution in [-0.4, -0.2) is 52.3 Å². The normalized spacial score (nSPS) is 25.6. The van der Waals surface area contributed by atoms with Gasteiger partial charge >= 0.3 is 0 Å². The minimum Gasteiger partial charge on any atom is -0.342 e. The monoisotopic (exact) mass is 385 g/mol. The molecule has 1 spiro atoms. The highest BCUT2D eigenvalue weighted by Gasteiger charge is 2.51. The SMILES string of the molecule is CC(C)CCCN1CCC[C@@]2(CCCN(C(=O)Cc3cccnc3)[C@H]2C)C1=O. The zero-order valence-corrected chi connectivity index (χ0v) is 17.7. The first-order valence-corrected chi connectivity index (χ1v) is 10.9. The molecule has 0 aromatic carbocycles.